The Hall–Kier alpha value is -1.42. The van der Waals surface area contributed by atoms with Crippen LogP contribution in [0.5, 0.6) is 0 Å². The molecular weight excluding hydrogens is 419 g/mol. The summed E-state index contributed by atoms with van der Waals surface area (Å²) in [7, 11) is 1.93. The quantitative estimate of drug-likeness (QED) is 0.655. The van der Waals surface area contributed by atoms with Gasteiger partial charge in [0, 0.05) is 70.7 Å². The lowest BCUT2D eigenvalue weighted by atomic mass is 10.2. The van der Waals surface area contributed by atoms with Gasteiger partial charge in [0.2, 0.25) is 5.91 Å². The highest BCUT2D eigenvalue weighted by Crippen LogP contribution is 2.11. The molecule has 1 fully saturated rings. The molecule has 1 aliphatic heterocycles. The van der Waals surface area contributed by atoms with Gasteiger partial charge in [-0.15, -0.1) is 0 Å². The lowest BCUT2D eigenvalue weighted by molar-refractivity contribution is -0.133. The zero-order chi connectivity index (χ0) is 17.1. The maximum Gasteiger partial charge on any atom is 0.224 e. The summed E-state index contributed by atoms with van der Waals surface area (Å²) < 4.78 is 4.84. The molecule has 7 nitrogen and oxygen atoms in total. The Morgan fingerprint density at radius 3 is 2.58 bits per heavy atom. The molecule has 3 rings (SSSR count). The number of aromatic nitrogens is 4. The van der Waals surface area contributed by atoms with E-state index in [0.717, 1.165) is 42.0 Å². The first-order valence-corrected chi connectivity index (χ1v) is 9.26. The van der Waals surface area contributed by atoms with Crippen LogP contribution in [0.4, 0.5) is 0 Å². The minimum absolute atomic E-state index is 0.221. The monoisotopic (exact) mass is 442 g/mol. The molecule has 1 amide bonds. The van der Waals surface area contributed by atoms with E-state index < -0.39 is 0 Å². The summed E-state index contributed by atoms with van der Waals surface area (Å²) in [5.41, 5.74) is 2.24. The average Bonchev–Trinajstić information content (AvgIpc) is 3.11. The van der Waals surface area contributed by atoms with Crippen LogP contribution in [0.15, 0.2) is 18.6 Å². The lowest BCUT2D eigenvalue weighted by Crippen LogP contribution is -2.48. The number of hydrogen-bond donors (Lipinski definition) is 0. The van der Waals surface area contributed by atoms with Gasteiger partial charge >= 0.3 is 0 Å². The topological polar surface area (TPSA) is 59.2 Å². The number of amides is 1. The molecule has 0 atom stereocenters. The van der Waals surface area contributed by atoms with Gasteiger partial charge in [-0.3, -0.25) is 19.1 Å². The number of carbonyl (C=O) groups is 1. The number of hydrogen-bond acceptors (Lipinski definition) is 4. The standard InChI is InChI=1S/C16H23IN6O/c1-13-15(17)12-23(19-13)4-3-16(24)22-7-5-21(6-8-22)11-14-9-18-20(2)10-14/h9-10,12H,3-8,11H2,1-2H3. The van der Waals surface area contributed by atoms with E-state index in [9.17, 15) is 4.79 Å². The fourth-order valence-corrected chi connectivity index (χ4v) is 3.37. The molecule has 1 saturated heterocycles. The SMILES string of the molecule is Cc1nn(CCC(=O)N2CCN(Cc3cnn(C)c3)CC2)cc1I. The third-order valence-corrected chi connectivity index (χ3v) is 5.39. The van der Waals surface area contributed by atoms with E-state index in [2.05, 4.69) is 37.7 Å². The predicted molar refractivity (Wildman–Crippen MR) is 99.4 cm³/mol. The summed E-state index contributed by atoms with van der Waals surface area (Å²) in [5.74, 6) is 0.221. The van der Waals surface area contributed by atoms with Crippen LogP contribution in [0.2, 0.25) is 0 Å². The molecule has 130 valence electrons. The highest BCUT2D eigenvalue weighted by Gasteiger charge is 2.21. The molecule has 3 heterocycles. The second-order valence-corrected chi connectivity index (χ2v) is 7.42. The zero-order valence-corrected chi connectivity index (χ0v) is 16.3. The largest absolute Gasteiger partial charge is 0.340 e. The molecule has 2 aromatic heterocycles. The minimum Gasteiger partial charge on any atom is -0.340 e. The predicted octanol–water partition coefficient (Wildman–Crippen LogP) is 1.26. The van der Waals surface area contributed by atoms with Gasteiger partial charge in [-0.1, -0.05) is 0 Å². The first-order valence-electron chi connectivity index (χ1n) is 8.18. The number of rotatable bonds is 5. The van der Waals surface area contributed by atoms with Crippen LogP contribution in [-0.2, 0) is 24.9 Å². The molecule has 1 aliphatic rings. The van der Waals surface area contributed by atoms with E-state index in [1.807, 2.05) is 46.8 Å². The van der Waals surface area contributed by atoms with Gasteiger partial charge in [0.25, 0.3) is 0 Å². The summed E-state index contributed by atoms with van der Waals surface area (Å²) in [4.78, 5) is 16.7. The highest BCUT2D eigenvalue weighted by atomic mass is 127. The van der Waals surface area contributed by atoms with Crippen molar-refractivity contribution in [1.82, 2.24) is 29.4 Å². The van der Waals surface area contributed by atoms with E-state index in [4.69, 9.17) is 0 Å². The Kier molecular flexibility index (Phi) is 5.54. The maximum atomic E-state index is 12.4. The van der Waals surface area contributed by atoms with Gasteiger partial charge < -0.3 is 4.90 Å². The third kappa shape index (κ3) is 4.35. The van der Waals surface area contributed by atoms with Gasteiger partial charge in [-0.25, -0.2) is 0 Å². The third-order valence-electron chi connectivity index (χ3n) is 4.33. The maximum absolute atomic E-state index is 12.4. The molecule has 8 heteroatoms. The van der Waals surface area contributed by atoms with E-state index >= 15 is 0 Å². The Morgan fingerprint density at radius 2 is 2.00 bits per heavy atom. The number of halogens is 1. The van der Waals surface area contributed by atoms with Crippen LogP contribution in [0.25, 0.3) is 0 Å². The van der Waals surface area contributed by atoms with Crippen LogP contribution in [0.3, 0.4) is 0 Å². The van der Waals surface area contributed by atoms with Crippen molar-refractivity contribution in [2.45, 2.75) is 26.4 Å². The Labute approximate surface area is 155 Å². The molecule has 24 heavy (non-hydrogen) atoms. The van der Waals surface area contributed by atoms with Gasteiger partial charge in [0.15, 0.2) is 0 Å². The van der Waals surface area contributed by atoms with Gasteiger partial charge in [-0.05, 0) is 29.5 Å². The van der Waals surface area contributed by atoms with E-state index in [1.54, 1.807) is 0 Å². The molecule has 0 bridgehead atoms. The van der Waals surface area contributed by atoms with E-state index in [0.29, 0.717) is 13.0 Å². The van der Waals surface area contributed by atoms with Crippen LogP contribution in [0.1, 0.15) is 17.7 Å². The molecular formula is C16H23IN6O. The van der Waals surface area contributed by atoms with E-state index in [-0.39, 0.29) is 5.91 Å². The Morgan fingerprint density at radius 1 is 1.25 bits per heavy atom. The molecule has 0 radical (unpaired) electrons. The van der Waals surface area contributed by atoms with Crippen LogP contribution >= 0.6 is 22.6 Å². The molecule has 0 unspecified atom stereocenters. The van der Waals surface area contributed by atoms with Crippen LogP contribution in [-0.4, -0.2) is 61.4 Å². The van der Waals surface area contributed by atoms with Crippen molar-refractivity contribution in [3.8, 4) is 0 Å². The number of nitrogens with zero attached hydrogens (tertiary/aromatic N) is 6. The second kappa shape index (κ2) is 7.64. The van der Waals surface area contributed by atoms with Crippen molar-refractivity contribution in [3.63, 3.8) is 0 Å². The van der Waals surface area contributed by atoms with Crippen LogP contribution < -0.4 is 0 Å². The number of carbonyl (C=O) groups excluding carboxylic acids is 1. The van der Waals surface area contributed by atoms with Gasteiger partial charge in [-0.2, -0.15) is 10.2 Å². The molecule has 0 N–H and O–H groups in total. The zero-order valence-electron chi connectivity index (χ0n) is 14.2. The van der Waals surface area contributed by atoms with Crippen molar-refractivity contribution in [2.24, 2.45) is 7.05 Å². The van der Waals surface area contributed by atoms with Crippen molar-refractivity contribution in [3.05, 3.63) is 33.4 Å². The molecule has 0 aromatic carbocycles. The molecule has 2 aromatic rings. The van der Waals surface area contributed by atoms with Crippen LogP contribution in [0, 0.1) is 10.5 Å². The first kappa shape index (κ1) is 17.4. The average molecular weight is 442 g/mol. The fraction of sp³-hybridized carbons (Fsp3) is 0.562. The van der Waals surface area contributed by atoms with E-state index in [1.165, 1.54) is 5.56 Å². The summed E-state index contributed by atoms with van der Waals surface area (Å²) in [6, 6.07) is 0. The molecule has 0 aliphatic carbocycles. The summed E-state index contributed by atoms with van der Waals surface area (Å²) in [6.45, 7) is 6.98. The molecule has 0 spiro atoms. The van der Waals surface area contributed by atoms with Crippen molar-refractivity contribution >= 4 is 28.5 Å². The number of aryl methyl sites for hydroxylation is 3. The van der Waals surface area contributed by atoms with Crippen molar-refractivity contribution in [2.75, 3.05) is 26.2 Å². The fourth-order valence-electron chi connectivity index (χ4n) is 2.94. The second-order valence-electron chi connectivity index (χ2n) is 6.25. The smallest absolute Gasteiger partial charge is 0.224 e. The highest BCUT2D eigenvalue weighted by molar-refractivity contribution is 14.1. The summed E-state index contributed by atoms with van der Waals surface area (Å²) in [6.07, 6.45) is 6.46. The normalized spacial score (nSPS) is 15.9. The van der Waals surface area contributed by atoms with Gasteiger partial charge in [0.1, 0.15) is 0 Å². The first-order chi connectivity index (χ1) is 11.5. The van der Waals surface area contributed by atoms with Crippen molar-refractivity contribution in [1.29, 1.82) is 0 Å². The summed E-state index contributed by atoms with van der Waals surface area (Å²) >= 11 is 2.27. The lowest BCUT2D eigenvalue weighted by Gasteiger charge is -2.34. The molecule has 0 saturated carbocycles. The Balaban J connectivity index is 1.43. The summed E-state index contributed by atoms with van der Waals surface area (Å²) in [5, 5.41) is 8.61. The van der Waals surface area contributed by atoms with Gasteiger partial charge in [0.05, 0.1) is 15.5 Å². The minimum atomic E-state index is 0.221. The Bertz CT molecular complexity index is 682. The number of piperazine rings is 1. The van der Waals surface area contributed by atoms with Crippen molar-refractivity contribution < 1.29 is 4.79 Å².